The highest BCUT2D eigenvalue weighted by atomic mass is 32.2. The van der Waals surface area contributed by atoms with Crippen LogP contribution in [-0.4, -0.2) is 41.9 Å². The smallest absolute Gasteiger partial charge is 0.234 e. The van der Waals surface area contributed by atoms with Gasteiger partial charge in [0.2, 0.25) is 5.91 Å². The van der Waals surface area contributed by atoms with Gasteiger partial charge in [-0.1, -0.05) is 13.8 Å². The van der Waals surface area contributed by atoms with E-state index in [4.69, 9.17) is 5.73 Å². The molecule has 0 saturated heterocycles. The molecule has 1 amide bonds. The largest absolute Gasteiger partial charge is 0.368 e. The first-order chi connectivity index (χ1) is 6.58. The molecular formula is C10H22N2OS. The molecule has 2 atom stereocenters. The van der Waals surface area contributed by atoms with Gasteiger partial charge in [0.1, 0.15) is 0 Å². The molecule has 0 aromatic heterocycles. The van der Waals surface area contributed by atoms with Gasteiger partial charge in [-0.05, 0) is 26.1 Å². The van der Waals surface area contributed by atoms with E-state index in [0.29, 0.717) is 6.04 Å². The second kappa shape index (κ2) is 7.12. The summed E-state index contributed by atoms with van der Waals surface area (Å²) in [6.45, 7) is 4.14. The van der Waals surface area contributed by atoms with Gasteiger partial charge in [-0.25, -0.2) is 0 Å². The second-order valence-corrected chi connectivity index (χ2v) is 4.42. The molecule has 0 aliphatic carbocycles. The molecule has 0 heterocycles. The first-order valence-corrected chi connectivity index (χ1v) is 6.47. The third-order valence-electron chi connectivity index (χ3n) is 2.61. The summed E-state index contributed by atoms with van der Waals surface area (Å²) in [5.74, 6) is 0.839. The van der Waals surface area contributed by atoms with Crippen LogP contribution in [0.4, 0.5) is 0 Å². The SMILES string of the molecule is CCC(CSC)N(C)C(CC)C(N)=O. The quantitative estimate of drug-likeness (QED) is 0.701. The van der Waals surface area contributed by atoms with Gasteiger partial charge in [0.25, 0.3) is 0 Å². The van der Waals surface area contributed by atoms with E-state index in [1.165, 1.54) is 0 Å². The molecule has 3 nitrogen and oxygen atoms in total. The van der Waals surface area contributed by atoms with Crippen LogP contribution in [0, 0.1) is 0 Å². The topological polar surface area (TPSA) is 46.3 Å². The van der Waals surface area contributed by atoms with E-state index in [1.807, 2.05) is 25.7 Å². The van der Waals surface area contributed by atoms with Crippen molar-refractivity contribution in [2.45, 2.75) is 38.8 Å². The lowest BCUT2D eigenvalue weighted by Crippen LogP contribution is -2.48. The lowest BCUT2D eigenvalue weighted by molar-refractivity contribution is -0.123. The highest BCUT2D eigenvalue weighted by molar-refractivity contribution is 7.98. The first kappa shape index (κ1) is 13.8. The van der Waals surface area contributed by atoms with Crippen molar-refractivity contribution in [2.24, 2.45) is 5.73 Å². The van der Waals surface area contributed by atoms with E-state index in [2.05, 4.69) is 18.1 Å². The van der Waals surface area contributed by atoms with Gasteiger partial charge >= 0.3 is 0 Å². The molecule has 0 radical (unpaired) electrons. The lowest BCUT2D eigenvalue weighted by atomic mass is 10.1. The molecule has 0 spiro atoms. The number of thioether (sulfide) groups is 1. The Morgan fingerprint density at radius 1 is 1.43 bits per heavy atom. The van der Waals surface area contributed by atoms with Crippen molar-refractivity contribution in [1.29, 1.82) is 0 Å². The van der Waals surface area contributed by atoms with Crippen LogP contribution in [0.5, 0.6) is 0 Å². The van der Waals surface area contributed by atoms with Gasteiger partial charge in [0.05, 0.1) is 6.04 Å². The van der Waals surface area contributed by atoms with Crippen LogP contribution in [0.3, 0.4) is 0 Å². The number of carbonyl (C=O) groups excluding carboxylic acids is 1. The Bertz CT molecular complexity index is 176. The number of nitrogens with zero attached hydrogens (tertiary/aromatic N) is 1. The Morgan fingerprint density at radius 3 is 2.29 bits per heavy atom. The molecule has 2 unspecified atom stereocenters. The van der Waals surface area contributed by atoms with Gasteiger partial charge in [-0.2, -0.15) is 11.8 Å². The summed E-state index contributed by atoms with van der Waals surface area (Å²) >= 11 is 1.81. The van der Waals surface area contributed by atoms with Crippen LogP contribution in [0.15, 0.2) is 0 Å². The average molecular weight is 218 g/mol. The van der Waals surface area contributed by atoms with Crippen molar-refractivity contribution in [3.05, 3.63) is 0 Å². The zero-order valence-electron chi connectivity index (χ0n) is 9.62. The summed E-state index contributed by atoms with van der Waals surface area (Å²) in [5.41, 5.74) is 5.35. The fourth-order valence-corrected chi connectivity index (χ4v) is 2.52. The Labute approximate surface area is 91.4 Å². The molecule has 0 aliphatic heterocycles. The number of rotatable bonds is 7. The van der Waals surface area contributed by atoms with E-state index >= 15 is 0 Å². The monoisotopic (exact) mass is 218 g/mol. The van der Waals surface area contributed by atoms with Crippen LogP contribution in [0.25, 0.3) is 0 Å². The predicted molar refractivity (Wildman–Crippen MR) is 63.5 cm³/mol. The zero-order chi connectivity index (χ0) is 11.1. The molecule has 0 aliphatic rings. The highest BCUT2D eigenvalue weighted by Gasteiger charge is 2.23. The minimum Gasteiger partial charge on any atom is -0.368 e. The maximum atomic E-state index is 11.2. The lowest BCUT2D eigenvalue weighted by Gasteiger charge is -2.31. The number of carbonyl (C=O) groups is 1. The van der Waals surface area contributed by atoms with E-state index in [9.17, 15) is 4.79 Å². The molecule has 0 saturated carbocycles. The summed E-state index contributed by atoms with van der Waals surface area (Å²) in [4.78, 5) is 13.3. The second-order valence-electron chi connectivity index (χ2n) is 3.51. The molecule has 84 valence electrons. The number of nitrogens with two attached hydrogens (primary N) is 1. The highest BCUT2D eigenvalue weighted by Crippen LogP contribution is 2.13. The van der Waals surface area contributed by atoms with Gasteiger partial charge in [0, 0.05) is 11.8 Å². The normalized spacial score (nSPS) is 15.5. The molecule has 4 heteroatoms. The van der Waals surface area contributed by atoms with E-state index in [0.717, 1.165) is 18.6 Å². The fraction of sp³-hybridized carbons (Fsp3) is 0.900. The maximum absolute atomic E-state index is 11.2. The molecule has 14 heavy (non-hydrogen) atoms. The Morgan fingerprint density at radius 2 is 2.00 bits per heavy atom. The van der Waals surface area contributed by atoms with Gasteiger partial charge in [-0.15, -0.1) is 0 Å². The third-order valence-corrected chi connectivity index (χ3v) is 3.33. The van der Waals surface area contributed by atoms with Crippen LogP contribution >= 0.6 is 11.8 Å². The standard InChI is InChI=1S/C10H22N2OS/c1-5-8(7-14-4)12(3)9(6-2)10(11)13/h8-9H,5-7H2,1-4H3,(H2,11,13). The van der Waals surface area contributed by atoms with Crippen molar-refractivity contribution in [3.63, 3.8) is 0 Å². The molecule has 0 rings (SSSR count). The van der Waals surface area contributed by atoms with Crippen LogP contribution in [0.2, 0.25) is 0 Å². The van der Waals surface area contributed by atoms with Crippen molar-refractivity contribution < 1.29 is 4.79 Å². The number of likely N-dealkylation sites (N-methyl/N-ethyl adjacent to an activating group) is 1. The van der Waals surface area contributed by atoms with Gasteiger partial charge in [0.15, 0.2) is 0 Å². The molecular weight excluding hydrogens is 196 g/mol. The molecule has 0 aromatic carbocycles. The van der Waals surface area contributed by atoms with E-state index in [1.54, 1.807) is 0 Å². The number of hydrogen-bond donors (Lipinski definition) is 1. The predicted octanol–water partition coefficient (Wildman–Crippen LogP) is 1.32. The van der Waals surface area contributed by atoms with Crippen LogP contribution in [0.1, 0.15) is 26.7 Å². The van der Waals surface area contributed by atoms with Crippen molar-refractivity contribution in [3.8, 4) is 0 Å². The maximum Gasteiger partial charge on any atom is 0.234 e. The molecule has 0 bridgehead atoms. The molecule has 2 N–H and O–H groups in total. The van der Waals surface area contributed by atoms with E-state index in [-0.39, 0.29) is 11.9 Å². The first-order valence-electron chi connectivity index (χ1n) is 5.08. The summed E-state index contributed by atoms with van der Waals surface area (Å²) in [5, 5.41) is 0. The van der Waals surface area contributed by atoms with Crippen LogP contribution in [-0.2, 0) is 4.79 Å². The Hall–Kier alpha value is -0.220. The summed E-state index contributed by atoms with van der Waals surface area (Å²) in [7, 11) is 1.99. The zero-order valence-corrected chi connectivity index (χ0v) is 10.4. The van der Waals surface area contributed by atoms with E-state index < -0.39 is 0 Å². The van der Waals surface area contributed by atoms with Crippen molar-refractivity contribution in [2.75, 3.05) is 19.1 Å². The minimum atomic E-state index is -0.213. The summed E-state index contributed by atoms with van der Waals surface area (Å²) in [6, 6.07) is 0.328. The number of primary amides is 1. The summed E-state index contributed by atoms with van der Waals surface area (Å²) < 4.78 is 0. The van der Waals surface area contributed by atoms with Crippen molar-refractivity contribution >= 4 is 17.7 Å². The van der Waals surface area contributed by atoms with Crippen LogP contribution < -0.4 is 5.73 Å². The van der Waals surface area contributed by atoms with Gasteiger partial charge in [-0.3, -0.25) is 9.69 Å². The molecule has 0 fully saturated rings. The minimum absolute atomic E-state index is 0.118. The third kappa shape index (κ3) is 3.88. The number of hydrogen-bond acceptors (Lipinski definition) is 3. The average Bonchev–Trinajstić information content (AvgIpc) is 2.14. The van der Waals surface area contributed by atoms with Crippen molar-refractivity contribution in [1.82, 2.24) is 4.90 Å². The number of amides is 1. The Balaban J connectivity index is 4.36. The van der Waals surface area contributed by atoms with Gasteiger partial charge < -0.3 is 5.73 Å². The molecule has 0 aromatic rings. The fourth-order valence-electron chi connectivity index (χ4n) is 1.66. The Kier molecular flexibility index (Phi) is 7.01. The summed E-state index contributed by atoms with van der Waals surface area (Å²) in [6.07, 6.45) is 3.93.